The number of aromatic nitrogens is 4. The Morgan fingerprint density at radius 3 is 2.68 bits per heavy atom. The Kier molecular flexibility index (Phi) is 5.34. The molecule has 0 radical (unpaired) electrons. The Morgan fingerprint density at radius 1 is 1.11 bits per heavy atom. The van der Waals surface area contributed by atoms with Crippen LogP contribution < -0.4 is 10.6 Å². The van der Waals surface area contributed by atoms with E-state index in [-0.39, 0.29) is 0 Å². The Hall–Kier alpha value is -2.80. The van der Waals surface area contributed by atoms with Crippen molar-refractivity contribution in [3.8, 4) is 0 Å². The van der Waals surface area contributed by atoms with Crippen molar-refractivity contribution in [1.82, 2.24) is 24.8 Å². The molecule has 7 nitrogen and oxygen atoms in total. The summed E-state index contributed by atoms with van der Waals surface area (Å²) >= 11 is 0. The molecule has 3 aromatic rings. The first-order valence-corrected chi connectivity index (χ1v) is 9.83. The van der Waals surface area contributed by atoms with Gasteiger partial charge in [0, 0.05) is 17.9 Å². The van der Waals surface area contributed by atoms with Gasteiger partial charge in [-0.3, -0.25) is 4.98 Å². The number of hydrogen-bond donors (Lipinski definition) is 2. The maximum absolute atomic E-state index is 4.80. The molecule has 0 spiro atoms. The number of nitrogens with one attached hydrogen (secondary N) is 2. The minimum absolute atomic E-state index is 0.392. The smallest absolute Gasteiger partial charge is 0.226 e. The fourth-order valence-corrected chi connectivity index (χ4v) is 3.68. The van der Waals surface area contributed by atoms with Crippen LogP contribution in [0, 0.1) is 13.8 Å². The first-order chi connectivity index (χ1) is 13.6. The third-order valence-electron chi connectivity index (χ3n) is 5.21. The Morgan fingerprint density at radius 2 is 1.93 bits per heavy atom. The molecule has 0 amide bonds. The van der Waals surface area contributed by atoms with E-state index in [0.717, 1.165) is 59.7 Å². The number of fused-ring (bicyclic) bond motifs is 1. The van der Waals surface area contributed by atoms with E-state index in [0.29, 0.717) is 18.5 Å². The third kappa shape index (κ3) is 4.20. The quantitative estimate of drug-likeness (QED) is 0.707. The lowest BCUT2D eigenvalue weighted by molar-refractivity contribution is 0.263. The summed E-state index contributed by atoms with van der Waals surface area (Å²) in [6.07, 6.45) is 3.99. The summed E-state index contributed by atoms with van der Waals surface area (Å²) in [5.74, 6) is 1.44. The number of piperidine rings is 1. The van der Waals surface area contributed by atoms with E-state index in [1.165, 1.54) is 0 Å². The highest BCUT2D eigenvalue weighted by molar-refractivity contribution is 5.90. The molecular formula is C21H27N7. The first kappa shape index (κ1) is 18.6. The van der Waals surface area contributed by atoms with E-state index in [9.17, 15) is 0 Å². The minimum atomic E-state index is 0.392. The van der Waals surface area contributed by atoms with Gasteiger partial charge in [0.2, 0.25) is 5.95 Å². The van der Waals surface area contributed by atoms with Crippen molar-refractivity contribution in [3.63, 3.8) is 0 Å². The van der Waals surface area contributed by atoms with Crippen LogP contribution in [-0.4, -0.2) is 51.0 Å². The molecule has 4 heterocycles. The second kappa shape index (κ2) is 8.06. The van der Waals surface area contributed by atoms with Gasteiger partial charge in [0.25, 0.3) is 0 Å². The van der Waals surface area contributed by atoms with Gasteiger partial charge in [-0.15, -0.1) is 0 Å². The van der Waals surface area contributed by atoms with Crippen molar-refractivity contribution in [1.29, 1.82) is 0 Å². The van der Waals surface area contributed by atoms with Gasteiger partial charge in [0.05, 0.1) is 17.6 Å². The van der Waals surface area contributed by atoms with Crippen LogP contribution >= 0.6 is 0 Å². The van der Waals surface area contributed by atoms with E-state index in [2.05, 4.69) is 45.5 Å². The van der Waals surface area contributed by atoms with E-state index < -0.39 is 0 Å². The summed E-state index contributed by atoms with van der Waals surface area (Å²) < 4.78 is 0. The molecule has 1 aliphatic rings. The lowest BCUT2D eigenvalue weighted by Gasteiger charge is -2.29. The zero-order valence-electron chi connectivity index (χ0n) is 16.7. The standard InChI is InChI=1S/C21H27N7/c1-14-12-15(2)24-20-18(14)19(23-13-17-6-4-5-9-22-17)26-21(27-20)25-16-7-10-28(3)11-8-16/h4-6,9,12,16H,7-8,10-11,13H2,1-3H3,(H2,23,24,25,26,27). The van der Waals surface area contributed by atoms with Crippen LogP contribution in [0.5, 0.6) is 0 Å². The highest BCUT2D eigenvalue weighted by atomic mass is 15.2. The van der Waals surface area contributed by atoms with Crippen molar-refractivity contribution >= 4 is 22.8 Å². The molecule has 146 valence electrons. The molecule has 0 aliphatic carbocycles. The Balaban J connectivity index is 1.64. The second-order valence-electron chi connectivity index (χ2n) is 7.57. The maximum Gasteiger partial charge on any atom is 0.226 e. The number of aryl methyl sites for hydroxylation is 2. The molecule has 2 N–H and O–H groups in total. The summed E-state index contributed by atoms with van der Waals surface area (Å²) in [5, 5.41) is 7.94. The molecule has 1 aliphatic heterocycles. The molecule has 1 fully saturated rings. The molecule has 0 aromatic carbocycles. The normalized spacial score (nSPS) is 15.7. The predicted molar refractivity (Wildman–Crippen MR) is 113 cm³/mol. The van der Waals surface area contributed by atoms with Gasteiger partial charge in [0.1, 0.15) is 5.82 Å². The predicted octanol–water partition coefficient (Wildman–Crippen LogP) is 3.15. The first-order valence-electron chi connectivity index (χ1n) is 9.83. The molecule has 3 aromatic heterocycles. The van der Waals surface area contributed by atoms with E-state index >= 15 is 0 Å². The van der Waals surface area contributed by atoms with Gasteiger partial charge >= 0.3 is 0 Å². The Bertz CT molecular complexity index is 950. The van der Waals surface area contributed by atoms with E-state index in [4.69, 9.17) is 9.97 Å². The number of pyridine rings is 2. The number of anilines is 2. The molecule has 1 saturated heterocycles. The van der Waals surface area contributed by atoms with Crippen molar-refractivity contribution in [2.75, 3.05) is 30.8 Å². The number of likely N-dealkylation sites (tertiary alicyclic amines) is 1. The zero-order valence-corrected chi connectivity index (χ0v) is 16.7. The summed E-state index contributed by atoms with van der Waals surface area (Å²) in [5.41, 5.74) is 3.78. The van der Waals surface area contributed by atoms with Crippen molar-refractivity contribution < 1.29 is 0 Å². The van der Waals surface area contributed by atoms with Crippen LogP contribution in [0.3, 0.4) is 0 Å². The molecule has 0 bridgehead atoms. The molecule has 0 saturated carbocycles. The van der Waals surface area contributed by atoms with Crippen molar-refractivity contribution in [2.24, 2.45) is 0 Å². The zero-order chi connectivity index (χ0) is 19.5. The number of nitrogens with zero attached hydrogens (tertiary/aromatic N) is 5. The third-order valence-corrected chi connectivity index (χ3v) is 5.21. The fraction of sp³-hybridized carbons (Fsp3) is 0.429. The van der Waals surface area contributed by atoms with Crippen LogP contribution in [0.1, 0.15) is 29.8 Å². The highest BCUT2D eigenvalue weighted by Gasteiger charge is 2.19. The van der Waals surface area contributed by atoms with Crippen molar-refractivity contribution in [2.45, 2.75) is 39.3 Å². The Labute approximate surface area is 165 Å². The van der Waals surface area contributed by atoms with Gasteiger partial charge < -0.3 is 15.5 Å². The number of rotatable bonds is 5. The summed E-state index contributed by atoms with van der Waals surface area (Å²) in [6, 6.07) is 8.38. The molecule has 4 rings (SSSR count). The van der Waals surface area contributed by atoms with Crippen LogP contribution in [-0.2, 0) is 6.54 Å². The van der Waals surface area contributed by atoms with Gasteiger partial charge in [-0.25, -0.2) is 4.98 Å². The molecule has 7 heteroatoms. The molecule has 0 atom stereocenters. The largest absolute Gasteiger partial charge is 0.364 e. The minimum Gasteiger partial charge on any atom is -0.364 e. The van der Waals surface area contributed by atoms with Crippen molar-refractivity contribution in [3.05, 3.63) is 47.4 Å². The lowest BCUT2D eigenvalue weighted by Crippen LogP contribution is -2.37. The SMILES string of the molecule is Cc1cc(C)c2c(NCc3ccccn3)nc(NC3CCN(C)CC3)nc2n1. The molecular weight excluding hydrogens is 350 g/mol. The van der Waals surface area contributed by atoms with Gasteiger partial charge in [0.15, 0.2) is 5.65 Å². The fourth-order valence-electron chi connectivity index (χ4n) is 3.68. The average molecular weight is 377 g/mol. The van der Waals surface area contributed by atoms with E-state index in [1.54, 1.807) is 6.20 Å². The molecule has 28 heavy (non-hydrogen) atoms. The maximum atomic E-state index is 4.80. The monoisotopic (exact) mass is 377 g/mol. The summed E-state index contributed by atoms with van der Waals surface area (Å²) in [4.78, 5) is 20.9. The lowest BCUT2D eigenvalue weighted by atomic mass is 10.1. The van der Waals surface area contributed by atoms with Crippen LogP contribution in [0.2, 0.25) is 0 Å². The topological polar surface area (TPSA) is 78.9 Å². The van der Waals surface area contributed by atoms with E-state index in [1.807, 2.05) is 25.1 Å². The summed E-state index contributed by atoms with van der Waals surface area (Å²) in [6.45, 7) is 6.86. The van der Waals surface area contributed by atoms with Gasteiger partial charge in [-0.2, -0.15) is 9.97 Å². The van der Waals surface area contributed by atoms with Crippen LogP contribution in [0.4, 0.5) is 11.8 Å². The van der Waals surface area contributed by atoms with Gasteiger partial charge in [-0.1, -0.05) is 6.07 Å². The second-order valence-corrected chi connectivity index (χ2v) is 7.57. The number of hydrogen-bond acceptors (Lipinski definition) is 7. The highest BCUT2D eigenvalue weighted by Crippen LogP contribution is 2.26. The van der Waals surface area contributed by atoms with Gasteiger partial charge in [-0.05, 0) is 70.6 Å². The van der Waals surface area contributed by atoms with Crippen LogP contribution in [0.25, 0.3) is 11.0 Å². The average Bonchev–Trinajstić information content (AvgIpc) is 2.68. The van der Waals surface area contributed by atoms with Crippen LogP contribution in [0.15, 0.2) is 30.5 Å². The summed E-state index contributed by atoms with van der Waals surface area (Å²) in [7, 11) is 2.16. The molecule has 0 unspecified atom stereocenters.